The molecule has 0 saturated carbocycles. The van der Waals surface area contributed by atoms with Crippen LogP contribution in [-0.2, 0) is 6.42 Å². The van der Waals surface area contributed by atoms with Gasteiger partial charge in [0.05, 0.1) is 0 Å². The van der Waals surface area contributed by atoms with E-state index in [1.54, 1.807) is 12.4 Å². The van der Waals surface area contributed by atoms with Crippen molar-refractivity contribution in [3.63, 3.8) is 0 Å². The van der Waals surface area contributed by atoms with Crippen LogP contribution in [0.1, 0.15) is 22.9 Å². The van der Waals surface area contributed by atoms with E-state index in [0.29, 0.717) is 0 Å². The smallest absolute Gasteiger partial charge is 0.0420 e. The highest BCUT2D eigenvalue weighted by Crippen LogP contribution is 2.19. The molecule has 2 heterocycles. The molecule has 3 nitrogen and oxygen atoms in total. The highest BCUT2D eigenvalue weighted by Gasteiger charge is 2.10. The Bertz CT molecular complexity index is 514. The molecule has 1 atom stereocenters. The average Bonchev–Trinajstić information content (AvgIpc) is 2.29. The number of aryl methyl sites for hydroxylation is 1. The van der Waals surface area contributed by atoms with E-state index in [-0.39, 0.29) is 6.04 Å². The number of aromatic nitrogens is 2. The van der Waals surface area contributed by atoms with Crippen LogP contribution in [0, 0.1) is 6.92 Å². The Labute approximate surface area is 109 Å². The third kappa shape index (κ3) is 3.11. The zero-order chi connectivity index (χ0) is 12.3. The van der Waals surface area contributed by atoms with Gasteiger partial charge in [0, 0.05) is 34.8 Å². The summed E-state index contributed by atoms with van der Waals surface area (Å²) >= 11 is 3.41. The molecule has 4 heteroatoms. The number of nitrogens with zero attached hydrogens (tertiary/aromatic N) is 2. The summed E-state index contributed by atoms with van der Waals surface area (Å²) in [7, 11) is 0. The van der Waals surface area contributed by atoms with Crippen LogP contribution in [0.15, 0.2) is 41.3 Å². The molecule has 0 aromatic carbocycles. The molecule has 17 heavy (non-hydrogen) atoms. The number of rotatable bonds is 3. The molecule has 1 unspecified atom stereocenters. The molecule has 2 aromatic rings. The summed E-state index contributed by atoms with van der Waals surface area (Å²) in [5.41, 5.74) is 9.39. The summed E-state index contributed by atoms with van der Waals surface area (Å²) in [6.45, 7) is 1.98. The molecule has 2 aromatic heterocycles. The summed E-state index contributed by atoms with van der Waals surface area (Å²) in [4.78, 5) is 8.39. The number of nitrogens with two attached hydrogens (primary N) is 1. The molecule has 0 saturated heterocycles. The first-order valence-electron chi connectivity index (χ1n) is 5.43. The van der Waals surface area contributed by atoms with Gasteiger partial charge in [0.2, 0.25) is 0 Å². The highest BCUT2D eigenvalue weighted by atomic mass is 79.9. The molecule has 2 rings (SSSR count). The molecular weight excluding hydrogens is 278 g/mol. The van der Waals surface area contributed by atoms with Gasteiger partial charge in [0.15, 0.2) is 0 Å². The molecule has 0 spiro atoms. The van der Waals surface area contributed by atoms with Crippen molar-refractivity contribution in [3.05, 3.63) is 58.1 Å². The molecule has 0 fully saturated rings. The van der Waals surface area contributed by atoms with Crippen LogP contribution in [-0.4, -0.2) is 9.97 Å². The Kier molecular flexibility index (Phi) is 3.86. The van der Waals surface area contributed by atoms with E-state index in [0.717, 1.165) is 27.7 Å². The van der Waals surface area contributed by atoms with Crippen molar-refractivity contribution >= 4 is 15.9 Å². The SMILES string of the molecule is Cc1ncccc1C(N)Cc1cncc(Br)c1. The molecule has 2 N–H and O–H groups in total. The van der Waals surface area contributed by atoms with Gasteiger partial charge >= 0.3 is 0 Å². The van der Waals surface area contributed by atoms with Crippen molar-refractivity contribution in [2.24, 2.45) is 5.73 Å². The lowest BCUT2D eigenvalue weighted by Gasteiger charge is -2.13. The fourth-order valence-electron chi connectivity index (χ4n) is 1.82. The van der Waals surface area contributed by atoms with Gasteiger partial charge in [-0.25, -0.2) is 0 Å². The summed E-state index contributed by atoms with van der Waals surface area (Å²) in [5, 5.41) is 0. The van der Waals surface area contributed by atoms with Gasteiger partial charge in [0.1, 0.15) is 0 Å². The first kappa shape index (κ1) is 12.2. The predicted octanol–water partition coefficient (Wildman–Crippen LogP) is 2.79. The molecular formula is C13H14BrN3. The van der Waals surface area contributed by atoms with Crippen molar-refractivity contribution in [3.8, 4) is 0 Å². The third-order valence-corrected chi connectivity index (χ3v) is 3.10. The van der Waals surface area contributed by atoms with Crippen molar-refractivity contribution in [1.82, 2.24) is 9.97 Å². The van der Waals surface area contributed by atoms with Crippen LogP contribution in [0.5, 0.6) is 0 Å². The van der Waals surface area contributed by atoms with Gasteiger partial charge in [-0.3, -0.25) is 9.97 Å². The molecule has 0 aliphatic rings. The first-order chi connectivity index (χ1) is 8.16. The predicted molar refractivity (Wildman–Crippen MR) is 71.5 cm³/mol. The van der Waals surface area contributed by atoms with Crippen molar-refractivity contribution < 1.29 is 0 Å². The Morgan fingerprint density at radius 3 is 2.94 bits per heavy atom. The van der Waals surface area contributed by atoms with E-state index in [2.05, 4.69) is 25.9 Å². The summed E-state index contributed by atoms with van der Waals surface area (Å²) in [6.07, 6.45) is 6.16. The second-order valence-corrected chi connectivity index (χ2v) is 4.92. The van der Waals surface area contributed by atoms with Crippen molar-refractivity contribution in [2.45, 2.75) is 19.4 Å². The lowest BCUT2D eigenvalue weighted by Crippen LogP contribution is -2.15. The quantitative estimate of drug-likeness (QED) is 0.946. The highest BCUT2D eigenvalue weighted by molar-refractivity contribution is 9.10. The standard InChI is InChI=1S/C13H14BrN3/c1-9-12(3-2-4-17-9)13(15)6-10-5-11(14)8-16-7-10/h2-5,7-8,13H,6,15H2,1H3. The van der Waals surface area contributed by atoms with E-state index >= 15 is 0 Å². The second-order valence-electron chi connectivity index (χ2n) is 4.00. The lowest BCUT2D eigenvalue weighted by atomic mass is 10.00. The minimum Gasteiger partial charge on any atom is -0.324 e. The van der Waals surface area contributed by atoms with Gasteiger partial charge in [-0.15, -0.1) is 0 Å². The number of hydrogen-bond donors (Lipinski definition) is 1. The molecule has 0 amide bonds. The second kappa shape index (κ2) is 5.38. The van der Waals surface area contributed by atoms with Crippen LogP contribution < -0.4 is 5.73 Å². The average molecular weight is 292 g/mol. The van der Waals surface area contributed by atoms with Crippen LogP contribution in [0.2, 0.25) is 0 Å². The summed E-state index contributed by atoms with van der Waals surface area (Å²) < 4.78 is 0.977. The molecule has 0 aliphatic carbocycles. The zero-order valence-corrected chi connectivity index (χ0v) is 11.2. The summed E-state index contributed by atoms with van der Waals surface area (Å²) in [5.74, 6) is 0. The van der Waals surface area contributed by atoms with Crippen LogP contribution in [0.3, 0.4) is 0 Å². The van der Waals surface area contributed by atoms with Crippen LogP contribution in [0.25, 0.3) is 0 Å². The van der Waals surface area contributed by atoms with Crippen LogP contribution >= 0.6 is 15.9 Å². The maximum atomic E-state index is 6.19. The normalized spacial score (nSPS) is 12.4. The Morgan fingerprint density at radius 1 is 1.41 bits per heavy atom. The summed E-state index contributed by atoms with van der Waals surface area (Å²) in [6, 6.07) is 5.94. The van der Waals surface area contributed by atoms with E-state index < -0.39 is 0 Å². The van der Waals surface area contributed by atoms with E-state index in [1.165, 1.54) is 0 Å². The fraction of sp³-hybridized carbons (Fsp3) is 0.231. The van der Waals surface area contributed by atoms with Crippen molar-refractivity contribution in [1.29, 1.82) is 0 Å². The van der Waals surface area contributed by atoms with Gasteiger partial charge < -0.3 is 5.73 Å². The maximum Gasteiger partial charge on any atom is 0.0420 e. The largest absolute Gasteiger partial charge is 0.324 e. The third-order valence-electron chi connectivity index (χ3n) is 2.66. The Balaban J connectivity index is 2.17. The van der Waals surface area contributed by atoms with Gasteiger partial charge in [-0.2, -0.15) is 0 Å². The molecule has 0 aliphatic heterocycles. The zero-order valence-electron chi connectivity index (χ0n) is 9.60. The van der Waals surface area contributed by atoms with Gasteiger partial charge in [0.25, 0.3) is 0 Å². The Morgan fingerprint density at radius 2 is 2.24 bits per heavy atom. The van der Waals surface area contributed by atoms with Gasteiger partial charge in [-0.05, 0) is 52.5 Å². The molecule has 88 valence electrons. The number of halogens is 1. The molecule has 0 radical (unpaired) electrons. The topological polar surface area (TPSA) is 51.8 Å². The van der Waals surface area contributed by atoms with E-state index in [1.807, 2.05) is 31.3 Å². The van der Waals surface area contributed by atoms with Crippen molar-refractivity contribution in [2.75, 3.05) is 0 Å². The van der Waals surface area contributed by atoms with Gasteiger partial charge in [-0.1, -0.05) is 6.07 Å². The molecule has 0 bridgehead atoms. The number of hydrogen-bond acceptors (Lipinski definition) is 3. The first-order valence-corrected chi connectivity index (χ1v) is 6.22. The van der Waals surface area contributed by atoms with E-state index in [9.17, 15) is 0 Å². The minimum atomic E-state index is -0.0419. The Hall–Kier alpha value is -1.26. The van der Waals surface area contributed by atoms with Crippen LogP contribution in [0.4, 0.5) is 0 Å². The maximum absolute atomic E-state index is 6.19. The lowest BCUT2D eigenvalue weighted by molar-refractivity contribution is 0.708. The minimum absolute atomic E-state index is 0.0419. The van der Waals surface area contributed by atoms with E-state index in [4.69, 9.17) is 5.73 Å². The number of pyridine rings is 2. The fourth-order valence-corrected chi connectivity index (χ4v) is 2.23. The monoisotopic (exact) mass is 291 g/mol.